The van der Waals surface area contributed by atoms with Gasteiger partial charge in [0.15, 0.2) is 0 Å². The molecule has 0 spiro atoms. The van der Waals surface area contributed by atoms with Crippen LogP contribution in [0.3, 0.4) is 0 Å². The molecule has 0 heterocycles. The van der Waals surface area contributed by atoms with E-state index in [1.54, 1.807) is 0 Å². The van der Waals surface area contributed by atoms with Crippen LogP contribution in [-0.2, 0) is 9.59 Å². The standard InChI is InChI=1S/C12H23NO3/c1-5-9(4)6-11(14)13-10(8(2)3)7-12(15)16/h8-10H,5-7H2,1-4H3,(H,13,14)(H,15,16). The Hall–Kier alpha value is -1.06. The van der Waals surface area contributed by atoms with E-state index in [1.165, 1.54) is 0 Å². The fraction of sp³-hybridized carbons (Fsp3) is 0.833. The molecule has 0 aliphatic heterocycles. The summed E-state index contributed by atoms with van der Waals surface area (Å²) < 4.78 is 0. The summed E-state index contributed by atoms with van der Waals surface area (Å²) in [5.41, 5.74) is 0. The molecule has 0 radical (unpaired) electrons. The quantitative estimate of drug-likeness (QED) is 0.702. The minimum Gasteiger partial charge on any atom is -0.481 e. The van der Waals surface area contributed by atoms with Gasteiger partial charge in [-0.1, -0.05) is 34.1 Å². The van der Waals surface area contributed by atoms with E-state index < -0.39 is 5.97 Å². The van der Waals surface area contributed by atoms with Crippen LogP contribution in [0.2, 0.25) is 0 Å². The van der Waals surface area contributed by atoms with Crippen molar-refractivity contribution >= 4 is 11.9 Å². The number of amides is 1. The van der Waals surface area contributed by atoms with Crippen LogP contribution in [-0.4, -0.2) is 23.0 Å². The maximum absolute atomic E-state index is 11.6. The molecule has 0 saturated carbocycles. The third kappa shape index (κ3) is 6.43. The first kappa shape index (κ1) is 14.9. The van der Waals surface area contributed by atoms with Crippen LogP contribution >= 0.6 is 0 Å². The van der Waals surface area contributed by atoms with E-state index in [1.807, 2.05) is 27.7 Å². The molecular formula is C12H23NO3. The monoisotopic (exact) mass is 229 g/mol. The summed E-state index contributed by atoms with van der Waals surface area (Å²) in [5.74, 6) is -0.438. The molecule has 0 aromatic carbocycles. The van der Waals surface area contributed by atoms with Crippen molar-refractivity contribution in [3.63, 3.8) is 0 Å². The minimum absolute atomic E-state index is 0.0100. The molecule has 4 heteroatoms. The van der Waals surface area contributed by atoms with E-state index in [0.717, 1.165) is 6.42 Å². The van der Waals surface area contributed by atoms with Crippen LogP contribution in [0.25, 0.3) is 0 Å². The molecule has 4 nitrogen and oxygen atoms in total. The van der Waals surface area contributed by atoms with Gasteiger partial charge in [0, 0.05) is 12.5 Å². The number of carboxylic acids is 1. The highest BCUT2D eigenvalue weighted by atomic mass is 16.4. The van der Waals surface area contributed by atoms with Gasteiger partial charge in [-0.2, -0.15) is 0 Å². The average molecular weight is 229 g/mol. The van der Waals surface area contributed by atoms with Crippen molar-refractivity contribution in [2.24, 2.45) is 11.8 Å². The van der Waals surface area contributed by atoms with Crippen LogP contribution in [0, 0.1) is 11.8 Å². The molecule has 94 valence electrons. The number of hydrogen-bond acceptors (Lipinski definition) is 2. The number of aliphatic carboxylic acids is 1. The lowest BCUT2D eigenvalue weighted by atomic mass is 9.99. The molecule has 16 heavy (non-hydrogen) atoms. The number of rotatable bonds is 7. The van der Waals surface area contributed by atoms with E-state index in [4.69, 9.17) is 5.11 Å². The van der Waals surface area contributed by atoms with Gasteiger partial charge in [-0.3, -0.25) is 9.59 Å². The molecule has 0 fully saturated rings. The highest BCUT2D eigenvalue weighted by molar-refractivity contribution is 5.77. The number of hydrogen-bond donors (Lipinski definition) is 2. The Bertz CT molecular complexity index is 238. The molecule has 0 aromatic rings. The van der Waals surface area contributed by atoms with Gasteiger partial charge in [0.05, 0.1) is 6.42 Å². The second-order valence-electron chi connectivity index (χ2n) is 4.73. The predicted octanol–water partition coefficient (Wildman–Crippen LogP) is 2.04. The average Bonchev–Trinajstić information content (AvgIpc) is 2.15. The zero-order valence-corrected chi connectivity index (χ0v) is 10.6. The van der Waals surface area contributed by atoms with Gasteiger partial charge in [0.25, 0.3) is 0 Å². The molecule has 2 N–H and O–H groups in total. The van der Waals surface area contributed by atoms with Crippen molar-refractivity contribution in [2.45, 2.75) is 53.0 Å². The fourth-order valence-corrected chi connectivity index (χ4v) is 1.37. The third-order valence-corrected chi connectivity index (χ3v) is 2.78. The molecule has 1 amide bonds. The Morgan fingerprint density at radius 3 is 2.12 bits per heavy atom. The largest absolute Gasteiger partial charge is 0.481 e. The third-order valence-electron chi connectivity index (χ3n) is 2.78. The van der Waals surface area contributed by atoms with Crippen molar-refractivity contribution in [3.8, 4) is 0 Å². The Morgan fingerprint density at radius 2 is 1.75 bits per heavy atom. The maximum atomic E-state index is 11.6. The van der Waals surface area contributed by atoms with Gasteiger partial charge in [0.2, 0.25) is 5.91 Å². The van der Waals surface area contributed by atoms with E-state index in [0.29, 0.717) is 12.3 Å². The summed E-state index contributed by atoms with van der Waals surface area (Å²) in [7, 11) is 0. The second kappa shape index (κ2) is 7.25. The first-order valence-electron chi connectivity index (χ1n) is 5.87. The minimum atomic E-state index is -0.873. The van der Waals surface area contributed by atoms with Crippen LogP contribution in [0.4, 0.5) is 0 Å². The van der Waals surface area contributed by atoms with Crippen molar-refractivity contribution in [2.75, 3.05) is 0 Å². The molecule has 0 rings (SSSR count). The number of nitrogens with one attached hydrogen (secondary N) is 1. The van der Waals surface area contributed by atoms with E-state index in [9.17, 15) is 9.59 Å². The Kier molecular flexibility index (Phi) is 6.77. The molecular weight excluding hydrogens is 206 g/mol. The zero-order valence-electron chi connectivity index (χ0n) is 10.6. The predicted molar refractivity (Wildman–Crippen MR) is 63.1 cm³/mol. The van der Waals surface area contributed by atoms with Crippen LogP contribution in [0.15, 0.2) is 0 Å². The summed E-state index contributed by atoms with van der Waals surface area (Å²) in [6.45, 7) is 7.88. The van der Waals surface area contributed by atoms with Gasteiger partial charge in [-0.25, -0.2) is 0 Å². The van der Waals surface area contributed by atoms with E-state index in [2.05, 4.69) is 5.32 Å². The molecule has 0 bridgehead atoms. The summed E-state index contributed by atoms with van der Waals surface area (Å²) in [5, 5.41) is 11.5. The maximum Gasteiger partial charge on any atom is 0.305 e. The summed E-state index contributed by atoms with van der Waals surface area (Å²) >= 11 is 0. The molecule has 0 aliphatic carbocycles. The summed E-state index contributed by atoms with van der Waals surface area (Å²) in [4.78, 5) is 22.2. The Morgan fingerprint density at radius 1 is 1.19 bits per heavy atom. The first-order valence-corrected chi connectivity index (χ1v) is 5.87. The Balaban J connectivity index is 4.18. The van der Waals surface area contributed by atoms with Gasteiger partial charge in [-0.05, 0) is 11.8 Å². The lowest BCUT2D eigenvalue weighted by Gasteiger charge is -2.21. The number of carbonyl (C=O) groups is 2. The normalized spacial score (nSPS) is 14.6. The second-order valence-corrected chi connectivity index (χ2v) is 4.73. The van der Waals surface area contributed by atoms with Crippen molar-refractivity contribution in [1.82, 2.24) is 5.32 Å². The lowest BCUT2D eigenvalue weighted by molar-refractivity contribution is -0.138. The van der Waals surface area contributed by atoms with Gasteiger partial charge >= 0.3 is 5.97 Å². The van der Waals surface area contributed by atoms with E-state index >= 15 is 0 Å². The first-order chi connectivity index (χ1) is 7.36. The lowest BCUT2D eigenvalue weighted by Crippen LogP contribution is -2.40. The highest BCUT2D eigenvalue weighted by Gasteiger charge is 2.19. The highest BCUT2D eigenvalue weighted by Crippen LogP contribution is 2.10. The SMILES string of the molecule is CCC(C)CC(=O)NC(CC(=O)O)C(C)C. The van der Waals surface area contributed by atoms with Gasteiger partial charge < -0.3 is 10.4 Å². The Labute approximate surface area is 97.4 Å². The molecule has 0 aliphatic rings. The molecule has 0 aromatic heterocycles. The van der Waals surface area contributed by atoms with Crippen molar-refractivity contribution < 1.29 is 14.7 Å². The van der Waals surface area contributed by atoms with Crippen LogP contribution in [0.1, 0.15) is 47.0 Å². The topological polar surface area (TPSA) is 66.4 Å². The molecule has 0 saturated heterocycles. The van der Waals surface area contributed by atoms with Crippen LogP contribution in [0.5, 0.6) is 0 Å². The molecule has 2 unspecified atom stereocenters. The van der Waals surface area contributed by atoms with Gasteiger partial charge in [-0.15, -0.1) is 0 Å². The number of carbonyl (C=O) groups excluding carboxylic acids is 1. The summed E-state index contributed by atoms with van der Waals surface area (Å²) in [6, 6.07) is -0.269. The molecule has 2 atom stereocenters. The smallest absolute Gasteiger partial charge is 0.305 e. The zero-order chi connectivity index (χ0) is 12.7. The van der Waals surface area contributed by atoms with Gasteiger partial charge in [0.1, 0.15) is 0 Å². The van der Waals surface area contributed by atoms with Crippen LogP contribution < -0.4 is 5.32 Å². The van der Waals surface area contributed by atoms with Crippen molar-refractivity contribution in [1.29, 1.82) is 0 Å². The van der Waals surface area contributed by atoms with Crippen molar-refractivity contribution in [3.05, 3.63) is 0 Å². The number of carboxylic acid groups (broad SMARTS) is 1. The fourth-order valence-electron chi connectivity index (χ4n) is 1.37. The van der Waals surface area contributed by atoms with E-state index in [-0.39, 0.29) is 24.3 Å². The summed E-state index contributed by atoms with van der Waals surface area (Å²) in [6.07, 6.45) is 1.42.